The van der Waals surface area contributed by atoms with Crippen molar-refractivity contribution < 1.29 is 13.9 Å². The molecule has 2 aromatic rings. The third kappa shape index (κ3) is 4.19. The van der Waals surface area contributed by atoms with E-state index >= 15 is 0 Å². The van der Waals surface area contributed by atoms with E-state index in [9.17, 15) is 9.18 Å². The van der Waals surface area contributed by atoms with E-state index in [-0.39, 0.29) is 35.6 Å². The van der Waals surface area contributed by atoms with E-state index in [1.54, 1.807) is 12.1 Å². The van der Waals surface area contributed by atoms with Gasteiger partial charge in [-0.3, -0.25) is 4.79 Å². The third-order valence-electron chi connectivity index (χ3n) is 5.45. The van der Waals surface area contributed by atoms with Crippen LogP contribution in [0.4, 0.5) is 4.39 Å². The van der Waals surface area contributed by atoms with Crippen LogP contribution in [0.5, 0.6) is 0 Å². The molecule has 0 bridgehead atoms. The largest absolute Gasteiger partial charge is 0.461 e. The van der Waals surface area contributed by atoms with Crippen LogP contribution in [0.3, 0.4) is 0 Å². The summed E-state index contributed by atoms with van der Waals surface area (Å²) < 4.78 is 20.6. The van der Waals surface area contributed by atoms with Gasteiger partial charge in [-0.2, -0.15) is 0 Å². The van der Waals surface area contributed by atoms with Gasteiger partial charge in [-0.25, -0.2) is 4.39 Å². The smallest absolute Gasteiger partial charge is 0.310 e. The second-order valence-electron chi connectivity index (χ2n) is 7.46. The van der Waals surface area contributed by atoms with E-state index in [0.29, 0.717) is 5.56 Å². The average molecular weight is 496 g/mol. The normalized spacial score (nSPS) is 20.1. The SMILES string of the molecule is Cc1c(COC(=O)C2C(C=C(Br)Br)C2(C)C)cccc1-c1ccccc1F. The van der Waals surface area contributed by atoms with E-state index in [4.69, 9.17) is 4.74 Å². The highest BCUT2D eigenvalue weighted by atomic mass is 79.9. The number of rotatable bonds is 5. The van der Waals surface area contributed by atoms with Crippen LogP contribution in [0.1, 0.15) is 25.0 Å². The number of benzene rings is 2. The van der Waals surface area contributed by atoms with E-state index in [1.807, 2.05) is 37.3 Å². The average Bonchev–Trinajstić information content (AvgIpc) is 3.14. The Balaban J connectivity index is 1.74. The van der Waals surface area contributed by atoms with Gasteiger partial charge in [0.1, 0.15) is 12.4 Å². The van der Waals surface area contributed by atoms with Crippen molar-refractivity contribution in [3.05, 3.63) is 68.9 Å². The summed E-state index contributed by atoms with van der Waals surface area (Å²) in [5.74, 6) is -0.468. The zero-order chi connectivity index (χ0) is 19.8. The summed E-state index contributed by atoms with van der Waals surface area (Å²) in [6, 6.07) is 12.4. The number of hydrogen-bond donors (Lipinski definition) is 0. The van der Waals surface area contributed by atoms with Gasteiger partial charge in [0.2, 0.25) is 0 Å². The third-order valence-corrected chi connectivity index (χ3v) is 5.98. The number of allylic oxidation sites excluding steroid dienone is 1. The number of carbonyl (C=O) groups excluding carboxylic acids is 1. The summed E-state index contributed by atoms with van der Waals surface area (Å²) in [6.45, 7) is 6.24. The molecule has 0 spiro atoms. The Kier molecular flexibility index (Phi) is 5.92. The van der Waals surface area contributed by atoms with Crippen molar-refractivity contribution in [3.63, 3.8) is 0 Å². The molecule has 2 nitrogen and oxygen atoms in total. The molecule has 0 N–H and O–H groups in total. The van der Waals surface area contributed by atoms with Gasteiger partial charge in [-0.15, -0.1) is 0 Å². The fraction of sp³-hybridized carbons (Fsp3) is 0.318. The molecule has 3 rings (SSSR count). The van der Waals surface area contributed by atoms with Crippen LogP contribution in [0.25, 0.3) is 11.1 Å². The Labute approximate surface area is 176 Å². The highest BCUT2D eigenvalue weighted by Crippen LogP contribution is 2.60. The van der Waals surface area contributed by atoms with Gasteiger partial charge in [0.25, 0.3) is 0 Å². The Morgan fingerprint density at radius 3 is 2.48 bits per heavy atom. The standard InChI is InChI=1S/C22H21Br2FO2/c1-13-14(7-6-9-15(13)16-8-4-5-10-18(16)25)12-27-21(26)20-17(11-19(23)24)22(20,2)3/h4-11,17,20H,12H2,1-3H3. The van der Waals surface area contributed by atoms with Gasteiger partial charge >= 0.3 is 5.97 Å². The molecule has 2 aromatic carbocycles. The first-order chi connectivity index (χ1) is 12.7. The highest BCUT2D eigenvalue weighted by molar-refractivity contribution is 9.28. The topological polar surface area (TPSA) is 26.3 Å². The Morgan fingerprint density at radius 1 is 1.15 bits per heavy atom. The molecular weight excluding hydrogens is 475 g/mol. The van der Waals surface area contributed by atoms with E-state index in [1.165, 1.54) is 6.07 Å². The van der Waals surface area contributed by atoms with E-state index < -0.39 is 0 Å². The zero-order valence-corrected chi connectivity index (χ0v) is 18.6. The van der Waals surface area contributed by atoms with E-state index in [2.05, 4.69) is 45.7 Å². The lowest BCUT2D eigenvalue weighted by Gasteiger charge is -2.13. The second-order valence-corrected chi connectivity index (χ2v) is 10.2. The van der Waals surface area contributed by atoms with Crippen molar-refractivity contribution in [3.8, 4) is 11.1 Å². The predicted octanol–water partition coefficient (Wildman–Crippen LogP) is 6.75. The van der Waals surface area contributed by atoms with Gasteiger partial charge in [0.05, 0.1) is 9.31 Å². The molecule has 142 valence electrons. The maximum atomic E-state index is 14.1. The molecule has 2 atom stereocenters. The summed E-state index contributed by atoms with van der Waals surface area (Å²) in [5, 5.41) is 0. The molecule has 0 saturated heterocycles. The molecule has 0 amide bonds. The number of halogens is 3. The van der Waals surface area contributed by atoms with Crippen molar-refractivity contribution in [1.29, 1.82) is 0 Å². The number of carbonyl (C=O) groups is 1. The number of ether oxygens (including phenoxy) is 1. The molecule has 27 heavy (non-hydrogen) atoms. The summed E-state index contributed by atoms with van der Waals surface area (Å²) in [4.78, 5) is 12.6. The van der Waals surface area contributed by atoms with Crippen molar-refractivity contribution in [2.45, 2.75) is 27.4 Å². The maximum Gasteiger partial charge on any atom is 0.310 e. The molecule has 0 aliphatic heterocycles. The fourth-order valence-electron chi connectivity index (χ4n) is 3.62. The van der Waals surface area contributed by atoms with Crippen molar-refractivity contribution in [2.75, 3.05) is 0 Å². The molecule has 1 fully saturated rings. The first kappa shape index (κ1) is 20.3. The first-order valence-electron chi connectivity index (χ1n) is 8.76. The fourth-order valence-corrected chi connectivity index (χ4v) is 4.19. The Morgan fingerprint density at radius 2 is 1.81 bits per heavy atom. The van der Waals surface area contributed by atoms with Crippen LogP contribution in [0, 0.1) is 30.0 Å². The molecule has 5 heteroatoms. The molecule has 0 aromatic heterocycles. The molecule has 0 heterocycles. The monoisotopic (exact) mass is 494 g/mol. The zero-order valence-electron chi connectivity index (χ0n) is 15.4. The van der Waals surface area contributed by atoms with Crippen LogP contribution in [0.2, 0.25) is 0 Å². The van der Waals surface area contributed by atoms with Gasteiger partial charge < -0.3 is 4.74 Å². The van der Waals surface area contributed by atoms with Gasteiger partial charge in [0, 0.05) is 5.56 Å². The predicted molar refractivity (Wildman–Crippen MR) is 113 cm³/mol. The van der Waals surface area contributed by atoms with Crippen LogP contribution in [-0.2, 0) is 16.1 Å². The quantitative estimate of drug-likeness (QED) is 0.429. The maximum absolute atomic E-state index is 14.1. The molecule has 1 saturated carbocycles. The minimum absolute atomic E-state index is 0.117. The van der Waals surface area contributed by atoms with Crippen molar-refractivity contribution in [2.24, 2.45) is 17.3 Å². The van der Waals surface area contributed by atoms with E-state index in [0.717, 1.165) is 20.1 Å². The summed E-state index contributed by atoms with van der Waals surface area (Å²) in [7, 11) is 0. The lowest BCUT2D eigenvalue weighted by atomic mass is 9.96. The Bertz CT molecular complexity index is 901. The van der Waals surface area contributed by atoms with Crippen LogP contribution in [-0.4, -0.2) is 5.97 Å². The van der Waals surface area contributed by atoms with Crippen LogP contribution >= 0.6 is 31.9 Å². The lowest BCUT2D eigenvalue weighted by molar-refractivity contribution is -0.147. The number of esters is 1. The molecular formula is C22H21Br2FO2. The lowest BCUT2D eigenvalue weighted by Crippen LogP contribution is -2.11. The summed E-state index contributed by atoms with van der Waals surface area (Å²) in [6.07, 6.45) is 2.00. The molecule has 1 aliphatic carbocycles. The van der Waals surface area contributed by atoms with Gasteiger partial charge in [-0.05, 0) is 72.9 Å². The minimum atomic E-state index is -0.260. The van der Waals surface area contributed by atoms with Crippen molar-refractivity contribution in [1.82, 2.24) is 0 Å². The van der Waals surface area contributed by atoms with Gasteiger partial charge in [-0.1, -0.05) is 56.3 Å². The summed E-state index contributed by atoms with van der Waals surface area (Å²) >= 11 is 6.72. The Hall–Kier alpha value is -1.46. The first-order valence-corrected chi connectivity index (χ1v) is 10.3. The highest BCUT2D eigenvalue weighted by Gasteiger charge is 2.61. The van der Waals surface area contributed by atoms with Gasteiger partial charge in [0.15, 0.2) is 0 Å². The second kappa shape index (κ2) is 7.88. The van der Waals surface area contributed by atoms with Crippen LogP contribution in [0.15, 0.2) is 51.9 Å². The minimum Gasteiger partial charge on any atom is -0.461 e. The number of hydrogen-bond acceptors (Lipinski definition) is 2. The molecule has 1 aliphatic rings. The van der Waals surface area contributed by atoms with Crippen LogP contribution < -0.4 is 0 Å². The van der Waals surface area contributed by atoms with Crippen molar-refractivity contribution >= 4 is 37.8 Å². The summed E-state index contributed by atoms with van der Waals surface area (Å²) in [5.41, 5.74) is 3.06. The molecule has 0 radical (unpaired) electrons. The molecule has 2 unspecified atom stereocenters.